The molecule has 0 N–H and O–H groups in total. The molecule has 0 heterocycles. The van der Waals surface area contributed by atoms with Crippen LogP contribution in [0.15, 0.2) is 18.2 Å². The van der Waals surface area contributed by atoms with Gasteiger partial charge in [-0.2, -0.15) is 0 Å². The zero-order valence-corrected chi connectivity index (χ0v) is 7.95. The molecule has 0 spiro atoms. The highest BCUT2D eigenvalue weighted by Crippen LogP contribution is 2.16. The summed E-state index contributed by atoms with van der Waals surface area (Å²) < 4.78 is 12.9. The van der Waals surface area contributed by atoms with Gasteiger partial charge in [-0.25, -0.2) is 4.39 Å². The van der Waals surface area contributed by atoms with Crippen molar-refractivity contribution in [3.8, 4) is 0 Å². The number of likely N-dealkylation sites (N-methyl/N-ethyl adjacent to an activating group) is 1. The van der Waals surface area contributed by atoms with Crippen molar-refractivity contribution in [2.24, 2.45) is 0 Å². The fraction of sp³-hybridized carbons (Fsp3) is 0.200. The average Bonchev–Trinajstić information content (AvgIpc) is 2.20. The number of carbonyl (C=O) groups is 2. The van der Waals surface area contributed by atoms with Crippen LogP contribution in [-0.2, 0) is 9.59 Å². The van der Waals surface area contributed by atoms with Crippen LogP contribution in [0.5, 0.6) is 0 Å². The maximum Gasteiger partial charge on any atom is 0.290 e. The molecule has 0 unspecified atom stereocenters. The molecule has 0 bridgehead atoms. The van der Waals surface area contributed by atoms with Crippen molar-refractivity contribution in [2.45, 2.75) is 6.92 Å². The van der Waals surface area contributed by atoms with E-state index in [2.05, 4.69) is 0 Å². The van der Waals surface area contributed by atoms with Crippen molar-refractivity contribution >= 4 is 17.9 Å². The second kappa shape index (κ2) is 4.00. The number of benzene rings is 1. The van der Waals surface area contributed by atoms with Gasteiger partial charge in [-0.3, -0.25) is 9.59 Å². The number of hydrogen-bond acceptors (Lipinski definition) is 2. The Hall–Kier alpha value is -1.71. The van der Waals surface area contributed by atoms with Gasteiger partial charge in [-0.15, -0.1) is 0 Å². The molecule has 0 atom stereocenters. The Labute approximate surface area is 81.1 Å². The molecule has 0 saturated carbocycles. The third-order valence-electron chi connectivity index (χ3n) is 1.96. The largest absolute Gasteiger partial charge is 0.309 e. The average molecular weight is 195 g/mol. The van der Waals surface area contributed by atoms with Crippen molar-refractivity contribution in [3.63, 3.8) is 0 Å². The van der Waals surface area contributed by atoms with E-state index in [1.54, 1.807) is 6.92 Å². The van der Waals surface area contributed by atoms with Crippen LogP contribution < -0.4 is 4.90 Å². The highest BCUT2D eigenvalue weighted by atomic mass is 19.1. The molecule has 0 aliphatic rings. The number of halogens is 1. The van der Waals surface area contributed by atoms with Crippen molar-refractivity contribution in [2.75, 3.05) is 11.9 Å². The molecule has 1 aromatic rings. The van der Waals surface area contributed by atoms with Gasteiger partial charge in [-0.1, -0.05) is 0 Å². The Morgan fingerprint density at radius 2 is 2.14 bits per heavy atom. The fourth-order valence-corrected chi connectivity index (χ4v) is 1.04. The standard InChI is InChI=1S/C10H10FNO2/c1-7-5-8(3-4-9(7)11)12(2)10(14)6-13/h3-6H,1-2H3. The lowest BCUT2D eigenvalue weighted by atomic mass is 10.2. The summed E-state index contributed by atoms with van der Waals surface area (Å²) in [6.07, 6.45) is 0.221. The predicted octanol–water partition coefficient (Wildman–Crippen LogP) is 1.30. The molecule has 1 aromatic carbocycles. The van der Waals surface area contributed by atoms with Crippen LogP contribution in [0.2, 0.25) is 0 Å². The number of carbonyl (C=O) groups excluding carboxylic acids is 2. The van der Waals surface area contributed by atoms with Gasteiger partial charge < -0.3 is 4.90 Å². The Morgan fingerprint density at radius 1 is 1.50 bits per heavy atom. The fourth-order valence-electron chi connectivity index (χ4n) is 1.04. The Bertz CT molecular complexity index is 376. The molecular weight excluding hydrogens is 185 g/mol. The minimum Gasteiger partial charge on any atom is -0.309 e. The van der Waals surface area contributed by atoms with E-state index in [0.717, 1.165) is 0 Å². The summed E-state index contributed by atoms with van der Waals surface area (Å²) in [5.41, 5.74) is 0.939. The number of amides is 1. The van der Waals surface area contributed by atoms with Crippen LogP contribution in [0, 0.1) is 12.7 Å². The van der Waals surface area contributed by atoms with E-state index in [-0.39, 0.29) is 12.1 Å². The first kappa shape index (κ1) is 10.4. The van der Waals surface area contributed by atoms with Gasteiger partial charge >= 0.3 is 0 Å². The number of rotatable bonds is 2. The maximum absolute atomic E-state index is 12.9. The lowest BCUT2D eigenvalue weighted by molar-refractivity contribution is -0.129. The van der Waals surface area contributed by atoms with Crippen LogP contribution in [0.4, 0.5) is 10.1 Å². The van der Waals surface area contributed by atoms with E-state index in [1.807, 2.05) is 0 Å². The normalized spacial score (nSPS) is 9.64. The van der Waals surface area contributed by atoms with Gasteiger partial charge in [0.1, 0.15) is 5.82 Å². The molecule has 1 amide bonds. The minimum absolute atomic E-state index is 0.221. The van der Waals surface area contributed by atoms with E-state index in [4.69, 9.17) is 0 Å². The van der Waals surface area contributed by atoms with Crippen molar-refractivity contribution in [1.82, 2.24) is 0 Å². The van der Waals surface area contributed by atoms with Crippen LogP contribution in [0.25, 0.3) is 0 Å². The summed E-state index contributed by atoms with van der Waals surface area (Å²) in [6.45, 7) is 1.60. The molecule has 0 aliphatic carbocycles. The van der Waals surface area contributed by atoms with E-state index in [0.29, 0.717) is 11.3 Å². The summed E-state index contributed by atoms with van der Waals surface area (Å²) in [6, 6.07) is 4.22. The first-order valence-corrected chi connectivity index (χ1v) is 4.05. The monoisotopic (exact) mass is 195 g/mol. The zero-order chi connectivity index (χ0) is 10.7. The molecule has 74 valence electrons. The predicted molar refractivity (Wildman–Crippen MR) is 50.6 cm³/mol. The highest BCUT2D eigenvalue weighted by molar-refractivity contribution is 6.30. The summed E-state index contributed by atoms with van der Waals surface area (Å²) in [4.78, 5) is 22.3. The van der Waals surface area contributed by atoms with Crippen LogP contribution in [0.1, 0.15) is 5.56 Å². The highest BCUT2D eigenvalue weighted by Gasteiger charge is 2.10. The first-order valence-electron chi connectivity index (χ1n) is 4.05. The van der Waals surface area contributed by atoms with Crippen LogP contribution in [-0.4, -0.2) is 19.2 Å². The quantitative estimate of drug-likeness (QED) is 0.526. The van der Waals surface area contributed by atoms with Gasteiger partial charge in [0.05, 0.1) is 0 Å². The number of nitrogens with zero attached hydrogens (tertiary/aromatic N) is 1. The molecule has 14 heavy (non-hydrogen) atoms. The number of aryl methyl sites for hydroxylation is 1. The second-order valence-corrected chi connectivity index (χ2v) is 2.95. The molecule has 4 heteroatoms. The van der Waals surface area contributed by atoms with Gasteiger partial charge in [0.25, 0.3) is 5.91 Å². The van der Waals surface area contributed by atoms with Crippen molar-refractivity contribution in [1.29, 1.82) is 0 Å². The number of anilines is 1. The minimum atomic E-state index is -0.656. The lowest BCUT2D eigenvalue weighted by Gasteiger charge is -2.14. The Morgan fingerprint density at radius 3 is 2.64 bits per heavy atom. The molecule has 0 saturated heterocycles. The molecule has 0 aromatic heterocycles. The SMILES string of the molecule is Cc1cc(N(C)C(=O)C=O)ccc1F. The summed E-state index contributed by atoms with van der Waals surface area (Å²) in [5, 5.41) is 0. The summed E-state index contributed by atoms with van der Waals surface area (Å²) in [7, 11) is 1.46. The van der Waals surface area contributed by atoms with Crippen molar-refractivity contribution in [3.05, 3.63) is 29.6 Å². The van der Waals surface area contributed by atoms with E-state index in [1.165, 1.54) is 30.1 Å². The smallest absolute Gasteiger partial charge is 0.290 e. The van der Waals surface area contributed by atoms with E-state index >= 15 is 0 Å². The summed E-state index contributed by atoms with van der Waals surface area (Å²) in [5.74, 6) is -0.989. The summed E-state index contributed by atoms with van der Waals surface area (Å²) >= 11 is 0. The molecule has 0 fully saturated rings. The topological polar surface area (TPSA) is 37.4 Å². The van der Waals surface area contributed by atoms with Crippen LogP contribution in [0.3, 0.4) is 0 Å². The Balaban J connectivity index is 3.02. The first-order chi connectivity index (χ1) is 6.56. The number of aldehydes is 1. The molecule has 0 aliphatic heterocycles. The third kappa shape index (κ3) is 1.96. The van der Waals surface area contributed by atoms with Gasteiger partial charge in [0.15, 0.2) is 0 Å². The van der Waals surface area contributed by atoms with E-state index in [9.17, 15) is 14.0 Å². The van der Waals surface area contributed by atoms with Gasteiger partial charge in [-0.05, 0) is 30.7 Å². The molecule has 1 rings (SSSR count). The van der Waals surface area contributed by atoms with Crippen molar-refractivity contribution < 1.29 is 14.0 Å². The lowest BCUT2D eigenvalue weighted by Crippen LogP contribution is -2.26. The zero-order valence-electron chi connectivity index (χ0n) is 7.95. The van der Waals surface area contributed by atoms with E-state index < -0.39 is 5.91 Å². The second-order valence-electron chi connectivity index (χ2n) is 2.95. The maximum atomic E-state index is 12.9. The molecular formula is C10H10FNO2. The third-order valence-corrected chi connectivity index (χ3v) is 1.96. The Kier molecular flexibility index (Phi) is 2.96. The molecule has 3 nitrogen and oxygen atoms in total. The number of hydrogen-bond donors (Lipinski definition) is 0. The van der Waals surface area contributed by atoms with Gasteiger partial charge in [0.2, 0.25) is 6.29 Å². The molecule has 0 radical (unpaired) electrons. The van der Waals surface area contributed by atoms with Gasteiger partial charge in [0, 0.05) is 12.7 Å². The van der Waals surface area contributed by atoms with Crippen LogP contribution >= 0.6 is 0 Å².